The topological polar surface area (TPSA) is 67.7 Å². The minimum atomic E-state index is 0.303. The van der Waals surface area contributed by atoms with E-state index in [-0.39, 0.29) is 0 Å². The van der Waals surface area contributed by atoms with E-state index in [1.807, 2.05) is 24.0 Å². The van der Waals surface area contributed by atoms with Crippen molar-refractivity contribution in [1.29, 1.82) is 0 Å². The van der Waals surface area contributed by atoms with Crippen molar-refractivity contribution in [2.45, 2.75) is 40.2 Å². The molecule has 2 N–H and O–H groups in total. The zero-order chi connectivity index (χ0) is 15.2. The van der Waals surface area contributed by atoms with Crippen LogP contribution in [0, 0.1) is 6.92 Å². The summed E-state index contributed by atoms with van der Waals surface area (Å²) >= 11 is 0. The van der Waals surface area contributed by atoms with Crippen LogP contribution in [0.5, 0.6) is 0 Å². The van der Waals surface area contributed by atoms with Crippen LogP contribution in [0.3, 0.4) is 0 Å². The molecule has 6 nitrogen and oxygen atoms in total. The molecule has 2 aromatic heterocycles. The van der Waals surface area contributed by atoms with Crippen LogP contribution < -0.4 is 10.6 Å². The molecule has 6 heteroatoms. The van der Waals surface area contributed by atoms with Gasteiger partial charge in [-0.15, -0.1) is 0 Å². The van der Waals surface area contributed by atoms with Crippen molar-refractivity contribution in [3.63, 3.8) is 0 Å². The highest BCUT2D eigenvalue weighted by atomic mass is 15.1. The maximum Gasteiger partial charge on any atom is 0.135 e. The van der Waals surface area contributed by atoms with E-state index < -0.39 is 0 Å². The Balaban J connectivity index is 2.12. The first-order valence-corrected chi connectivity index (χ1v) is 7.43. The number of aromatic nitrogens is 4. The molecule has 0 saturated heterocycles. The van der Waals surface area contributed by atoms with Gasteiger partial charge in [-0.1, -0.05) is 13.8 Å². The van der Waals surface area contributed by atoms with Gasteiger partial charge >= 0.3 is 0 Å². The first kappa shape index (κ1) is 15.3. The fourth-order valence-corrected chi connectivity index (χ4v) is 2.03. The molecule has 0 radical (unpaired) electrons. The lowest BCUT2D eigenvalue weighted by atomic mass is 10.2. The first-order valence-electron chi connectivity index (χ1n) is 7.43. The summed E-state index contributed by atoms with van der Waals surface area (Å²) in [6, 6.07) is 0. The van der Waals surface area contributed by atoms with Gasteiger partial charge in [0.2, 0.25) is 0 Å². The van der Waals surface area contributed by atoms with Crippen molar-refractivity contribution in [2.24, 2.45) is 0 Å². The first-order chi connectivity index (χ1) is 10.1. The molecule has 0 amide bonds. The molecular weight excluding hydrogens is 264 g/mol. The summed E-state index contributed by atoms with van der Waals surface area (Å²) in [6.45, 7) is 10.8. The number of imidazole rings is 1. The maximum absolute atomic E-state index is 4.65. The van der Waals surface area contributed by atoms with E-state index in [2.05, 4.69) is 46.4 Å². The van der Waals surface area contributed by atoms with Crippen molar-refractivity contribution >= 4 is 11.6 Å². The van der Waals surface area contributed by atoms with Crippen LogP contribution in [0.1, 0.15) is 38.1 Å². The lowest BCUT2D eigenvalue weighted by molar-refractivity contribution is 0.720. The second-order valence-corrected chi connectivity index (χ2v) is 5.32. The summed E-state index contributed by atoms with van der Waals surface area (Å²) in [4.78, 5) is 13.3. The fraction of sp³-hybridized carbons (Fsp3) is 0.533. The molecule has 0 aliphatic carbocycles. The highest BCUT2D eigenvalue weighted by Gasteiger charge is 2.12. The third-order valence-corrected chi connectivity index (χ3v) is 3.25. The average Bonchev–Trinajstić information content (AvgIpc) is 2.96. The fourth-order valence-electron chi connectivity index (χ4n) is 2.03. The van der Waals surface area contributed by atoms with E-state index >= 15 is 0 Å². The number of nitrogens with one attached hydrogen (secondary N) is 2. The zero-order valence-corrected chi connectivity index (χ0v) is 13.2. The summed E-state index contributed by atoms with van der Waals surface area (Å²) in [5, 5.41) is 6.71. The van der Waals surface area contributed by atoms with Gasteiger partial charge in [0.05, 0.1) is 6.33 Å². The second kappa shape index (κ2) is 7.06. The van der Waals surface area contributed by atoms with E-state index in [9.17, 15) is 0 Å². The third kappa shape index (κ3) is 3.93. The van der Waals surface area contributed by atoms with Gasteiger partial charge in [-0.2, -0.15) is 0 Å². The molecule has 0 fully saturated rings. The van der Waals surface area contributed by atoms with Gasteiger partial charge in [0.25, 0.3) is 0 Å². The van der Waals surface area contributed by atoms with Gasteiger partial charge in [-0.25, -0.2) is 15.0 Å². The number of rotatable bonds is 7. The van der Waals surface area contributed by atoms with Crippen LogP contribution in [0.25, 0.3) is 0 Å². The zero-order valence-electron chi connectivity index (χ0n) is 13.2. The van der Waals surface area contributed by atoms with Crippen molar-refractivity contribution in [2.75, 3.05) is 23.7 Å². The van der Waals surface area contributed by atoms with Gasteiger partial charge < -0.3 is 15.2 Å². The maximum atomic E-state index is 4.65. The molecule has 2 rings (SSSR count). The summed E-state index contributed by atoms with van der Waals surface area (Å²) < 4.78 is 2.04. The highest BCUT2D eigenvalue weighted by molar-refractivity contribution is 5.57. The summed E-state index contributed by atoms with van der Waals surface area (Å²) in [7, 11) is 0. The molecule has 0 aliphatic rings. The number of nitrogens with zero attached hydrogens (tertiary/aromatic N) is 4. The second-order valence-electron chi connectivity index (χ2n) is 5.32. The molecule has 0 aromatic carbocycles. The molecule has 0 saturated carbocycles. The van der Waals surface area contributed by atoms with Crippen molar-refractivity contribution < 1.29 is 0 Å². The number of anilines is 2. The molecule has 0 bridgehead atoms. The van der Waals surface area contributed by atoms with E-state index in [4.69, 9.17) is 0 Å². The van der Waals surface area contributed by atoms with Gasteiger partial charge in [0, 0.05) is 43.5 Å². The Morgan fingerprint density at radius 3 is 2.48 bits per heavy atom. The van der Waals surface area contributed by atoms with Crippen LogP contribution >= 0.6 is 0 Å². The minimum Gasteiger partial charge on any atom is -0.370 e. The van der Waals surface area contributed by atoms with Crippen LogP contribution in [0.15, 0.2) is 18.7 Å². The minimum absolute atomic E-state index is 0.303. The lowest BCUT2D eigenvalue weighted by Gasteiger charge is -2.16. The van der Waals surface area contributed by atoms with E-state index in [1.165, 1.54) is 0 Å². The van der Waals surface area contributed by atoms with E-state index in [1.54, 1.807) is 6.20 Å². The van der Waals surface area contributed by atoms with E-state index in [0.717, 1.165) is 42.7 Å². The van der Waals surface area contributed by atoms with Gasteiger partial charge in [-0.05, 0) is 13.8 Å². The van der Waals surface area contributed by atoms with Crippen molar-refractivity contribution in [3.05, 3.63) is 30.1 Å². The van der Waals surface area contributed by atoms with Crippen LogP contribution in [-0.4, -0.2) is 32.6 Å². The summed E-state index contributed by atoms with van der Waals surface area (Å²) in [5.41, 5.74) is 1.06. The Labute approximate surface area is 126 Å². The molecule has 0 unspecified atom stereocenters. The monoisotopic (exact) mass is 288 g/mol. The molecule has 0 spiro atoms. The van der Waals surface area contributed by atoms with Crippen molar-refractivity contribution in [3.8, 4) is 0 Å². The Bertz CT molecular complexity index is 562. The largest absolute Gasteiger partial charge is 0.370 e. The summed E-state index contributed by atoms with van der Waals surface area (Å²) in [6.07, 6.45) is 5.56. The number of hydrogen-bond donors (Lipinski definition) is 2. The van der Waals surface area contributed by atoms with Gasteiger partial charge in [0.15, 0.2) is 0 Å². The van der Waals surface area contributed by atoms with Gasteiger partial charge in [-0.3, -0.25) is 0 Å². The molecule has 2 aromatic rings. The smallest absolute Gasteiger partial charge is 0.135 e. The van der Waals surface area contributed by atoms with Crippen LogP contribution in [-0.2, 0) is 6.54 Å². The molecular formula is C15H24N6. The van der Waals surface area contributed by atoms with Crippen LogP contribution in [0.2, 0.25) is 0 Å². The summed E-state index contributed by atoms with van der Waals surface area (Å²) in [5.74, 6) is 2.99. The molecule has 114 valence electrons. The predicted molar refractivity (Wildman–Crippen MR) is 85.7 cm³/mol. The standard InChI is InChI=1S/C15H24N6/c1-5-17-14-12(4)15(20-13(19-14)11(2)3)18-7-9-21-8-6-16-10-21/h6,8,10-11H,5,7,9H2,1-4H3,(H2,17,18,19,20). The predicted octanol–water partition coefficient (Wildman–Crippen LogP) is 2.65. The number of hydrogen-bond acceptors (Lipinski definition) is 5. The Morgan fingerprint density at radius 1 is 1.19 bits per heavy atom. The van der Waals surface area contributed by atoms with Gasteiger partial charge in [0.1, 0.15) is 17.5 Å². The Morgan fingerprint density at radius 2 is 1.90 bits per heavy atom. The van der Waals surface area contributed by atoms with Crippen LogP contribution in [0.4, 0.5) is 11.6 Å². The molecule has 21 heavy (non-hydrogen) atoms. The SMILES string of the molecule is CCNc1nc(C(C)C)nc(NCCn2ccnc2)c1C. The quantitative estimate of drug-likeness (QED) is 0.820. The normalized spacial score (nSPS) is 10.9. The third-order valence-electron chi connectivity index (χ3n) is 3.25. The lowest BCUT2D eigenvalue weighted by Crippen LogP contribution is -2.15. The molecule has 0 atom stereocenters. The Hall–Kier alpha value is -2.11. The highest BCUT2D eigenvalue weighted by Crippen LogP contribution is 2.22. The average molecular weight is 288 g/mol. The van der Waals surface area contributed by atoms with E-state index in [0.29, 0.717) is 5.92 Å². The Kier molecular flexibility index (Phi) is 5.14. The molecule has 2 heterocycles. The van der Waals surface area contributed by atoms with Crippen molar-refractivity contribution in [1.82, 2.24) is 19.5 Å². The molecule has 0 aliphatic heterocycles.